The second kappa shape index (κ2) is 2.42. The van der Waals surface area contributed by atoms with Crippen molar-refractivity contribution in [2.45, 2.75) is 11.6 Å². The number of fused-ring (bicyclic) bond motifs is 1. The summed E-state index contributed by atoms with van der Waals surface area (Å²) in [4.78, 5) is 9.29. The molecule has 0 spiro atoms. The number of nitrogens with one attached hydrogen (secondary N) is 1. The third kappa shape index (κ3) is 1.00. The predicted octanol–water partition coefficient (Wildman–Crippen LogP) is 0.401. The first-order valence-corrected chi connectivity index (χ1v) is 4.33. The Kier molecular flexibility index (Phi) is 1.54. The standard InChI is InChI=1S/C6H9N3OS/c1-9-3-11-6-5(9)7-4(2-10)8-6/h10H,2-3H2,1H3,(H,7,8). The normalized spacial score (nSPS) is 15.6. The number of hydrogen-bond acceptors (Lipinski definition) is 4. The summed E-state index contributed by atoms with van der Waals surface area (Å²) in [6, 6.07) is 0. The SMILES string of the molecule is CN1CSc2nc(CO)[nH]c21. The largest absolute Gasteiger partial charge is 0.388 e. The summed E-state index contributed by atoms with van der Waals surface area (Å²) in [7, 11) is 2.00. The van der Waals surface area contributed by atoms with Gasteiger partial charge in [0, 0.05) is 7.05 Å². The number of rotatable bonds is 1. The van der Waals surface area contributed by atoms with Gasteiger partial charge in [-0.05, 0) is 0 Å². The summed E-state index contributed by atoms with van der Waals surface area (Å²) >= 11 is 1.68. The molecule has 0 aromatic carbocycles. The quantitative estimate of drug-likeness (QED) is 0.642. The molecule has 0 amide bonds. The maximum absolute atomic E-state index is 8.76. The Morgan fingerprint density at radius 1 is 1.82 bits per heavy atom. The molecule has 2 rings (SSSR count). The molecule has 1 aliphatic heterocycles. The van der Waals surface area contributed by atoms with Gasteiger partial charge in [-0.2, -0.15) is 0 Å². The van der Waals surface area contributed by atoms with Gasteiger partial charge in [-0.15, -0.1) is 0 Å². The maximum Gasteiger partial charge on any atom is 0.141 e. The lowest BCUT2D eigenvalue weighted by atomic mass is 10.7. The molecule has 11 heavy (non-hydrogen) atoms. The van der Waals surface area contributed by atoms with Crippen LogP contribution in [-0.4, -0.2) is 28.0 Å². The summed E-state index contributed by atoms with van der Waals surface area (Å²) in [6.45, 7) is -0.0125. The number of aromatic nitrogens is 2. The minimum absolute atomic E-state index is 0.0125. The average molecular weight is 171 g/mol. The van der Waals surface area contributed by atoms with Crippen LogP contribution in [0, 0.1) is 0 Å². The second-order valence-electron chi connectivity index (χ2n) is 2.47. The Labute approximate surface area is 68.6 Å². The van der Waals surface area contributed by atoms with E-state index in [1.54, 1.807) is 11.8 Å². The van der Waals surface area contributed by atoms with E-state index in [0.717, 1.165) is 16.7 Å². The molecule has 0 atom stereocenters. The Balaban J connectivity index is 2.38. The highest BCUT2D eigenvalue weighted by Gasteiger charge is 2.20. The van der Waals surface area contributed by atoms with Crippen LogP contribution >= 0.6 is 11.8 Å². The van der Waals surface area contributed by atoms with E-state index in [2.05, 4.69) is 14.9 Å². The number of imidazole rings is 1. The molecular formula is C6H9N3OS. The zero-order chi connectivity index (χ0) is 7.84. The lowest BCUT2D eigenvalue weighted by molar-refractivity contribution is 0.272. The van der Waals surface area contributed by atoms with E-state index < -0.39 is 0 Å². The first-order chi connectivity index (χ1) is 5.31. The van der Waals surface area contributed by atoms with Crippen LogP contribution in [0.1, 0.15) is 5.82 Å². The minimum Gasteiger partial charge on any atom is -0.388 e. The van der Waals surface area contributed by atoms with Gasteiger partial charge >= 0.3 is 0 Å². The molecule has 0 radical (unpaired) electrons. The number of anilines is 1. The first-order valence-electron chi connectivity index (χ1n) is 3.35. The van der Waals surface area contributed by atoms with Crippen molar-refractivity contribution in [2.75, 3.05) is 17.8 Å². The van der Waals surface area contributed by atoms with Crippen molar-refractivity contribution >= 4 is 17.6 Å². The maximum atomic E-state index is 8.76. The zero-order valence-electron chi connectivity index (χ0n) is 6.16. The monoisotopic (exact) mass is 171 g/mol. The molecule has 0 aliphatic carbocycles. The number of aromatic amines is 1. The van der Waals surface area contributed by atoms with E-state index in [1.807, 2.05) is 7.05 Å². The third-order valence-electron chi connectivity index (χ3n) is 1.63. The molecule has 1 aromatic heterocycles. The highest BCUT2D eigenvalue weighted by molar-refractivity contribution is 7.99. The smallest absolute Gasteiger partial charge is 0.141 e. The number of thioether (sulfide) groups is 1. The molecule has 0 saturated heterocycles. The summed E-state index contributed by atoms with van der Waals surface area (Å²) in [5.74, 6) is 2.62. The van der Waals surface area contributed by atoms with Gasteiger partial charge in [-0.25, -0.2) is 4.98 Å². The summed E-state index contributed by atoms with van der Waals surface area (Å²) < 4.78 is 0. The molecule has 5 heteroatoms. The van der Waals surface area contributed by atoms with Gasteiger partial charge in [0.05, 0.1) is 5.88 Å². The van der Waals surface area contributed by atoms with Gasteiger partial charge in [0.2, 0.25) is 0 Å². The molecular weight excluding hydrogens is 162 g/mol. The van der Waals surface area contributed by atoms with Crippen molar-refractivity contribution in [3.8, 4) is 0 Å². The molecule has 0 bridgehead atoms. The molecule has 4 nitrogen and oxygen atoms in total. The number of aliphatic hydroxyl groups excluding tert-OH is 1. The molecule has 60 valence electrons. The van der Waals surface area contributed by atoms with Gasteiger partial charge in [0.25, 0.3) is 0 Å². The summed E-state index contributed by atoms with van der Waals surface area (Å²) in [5, 5.41) is 9.76. The van der Waals surface area contributed by atoms with E-state index in [9.17, 15) is 0 Å². The fraction of sp³-hybridized carbons (Fsp3) is 0.500. The lowest BCUT2D eigenvalue weighted by Gasteiger charge is -2.06. The Bertz CT molecular complexity index is 273. The molecule has 1 aliphatic rings. The number of aliphatic hydroxyl groups is 1. The number of hydrogen-bond donors (Lipinski definition) is 2. The van der Waals surface area contributed by atoms with Gasteiger partial charge < -0.3 is 15.0 Å². The number of H-pyrrole nitrogens is 1. The fourth-order valence-electron chi connectivity index (χ4n) is 1.05. The Morgan fingerprint density at radius 2 is 2.64 bits per heavy atom. The van der Waals surface area contributed by atoms with E-state index in [1.165, 1.54) is 0 Å². The predicted molar refractivity (Wildman–Crippen MR) is 43.6 cm³/mol. The zero-order valence-corrected chi connectivity index (χ0v) is 6.98. The summed E-state index contributed by atoms with van der Waals surface area (Å²) in [5.41, 5.74) is 0. The van der Waals surface area contributed by atoms with Crippen molar-refractivity contribution in [2.24, 2.45) is 0 Å². The minimum atomic E-state index is -0.0125. The van der Waals surface area contributed by atoms with Crippen LogP contribution in [0.3, 0.4) is 0 Å². The van der Waals surface area contributed by atoms with Crippen molar-refractivity contribution in [1.29, 1.82) is 0 Å². The highest BCUT2D eigenvalue weighted by Crippen LogP contribution is 2.34. The molecule has 1 aromatic rings. The van der Waals surface area contributed by atoms with Crippen molar-refractivity contribution in [3.05, 3.63) is 5.82 Å². The van der Waals surface area contributed by atoms with Crippen LogP contribution in [0.5, 0.6) is 0 Å². The Hall–Kier alpha value is -0.680. The lowest BCUT2D eigenvalue weighted by Crippen LogP contribution is -2.11. The van der Waals surface area contributed by atoms with E-state index >= 15 is 0 Å². The van der Waals surface area contributed by atoms with Crippen molar-refractivity contribution < 1.29 is 5.11 Å². The van der Waals surface area contributed by atoms with Crippen LogP contribution < -0.4 is 4.90 Å². The molecule has 0 saturated carbocycles. The van der Waals surface area contributed by atoms with Gasteiger partial charge in [-0.1, -0.05) is 11.8 Å². The molecule has 0 unspecified atom stereocenters. The van der Waals surface area contributed by atoms with Crippen LogP contribution in [0.25, 0.3) is 0 Å². The van der Waals surface area contributed by atoms with Gasteiger partial charge in [-0.3, -0.25) is 0 Å². The third-order valence-corrected chi connectivity index (χ3v) is 2.70. The molecule has 2 heterocycles. The topological polar surface area (TPSA) is 52.1 Å². The highest BCUT2D eigenvalue weighted by atomic mass is 32.2. The summed E-state index contributed by atoms with van der Waals surface area (Å²) in [6.07, 6.45) is 0. The number of nitrogens with zero attached hydrogens (tertiary/aromatic N) is 2. The van der Waals surface area contributed by atoms with Crippen LogP contribution in [-0.2, 0) is 6.61 Å². The van der Waals surface area contributed by atoms with Crippen LogP contribution in [0.4, 0.5) is 5.82 Å². The second-order valence-corrected chi connectivity index (χ2v) is 3.40. The van der Waals surface area contributed by atoms with Crippen LogP contribution in [0.15, 0.2) is 5.03 Å². The van der Waals surface area contributed by atoms with Gasteiger partial charge in [0.15, 0.2) is 0 Å². The molecule has 0 fully saturated rings. The van der Waals surface area contributed by atoms with Gasteiger partial charge in [0.1, 0.15) is 23.3 Å². The van der Waals surface area contributed by atoms with E-state index in [-0.39, 0.29) is 6.61 Å². The molecule has 2 N–H and O–H groups in total. The fourth-order valence-corrected chi connectivity index (χ4v) is 2.01. The Morgan fingerprint density at radius 3 is 3.27 bits per heavy atom. The van der Waals surface area contributed by atoms with E-state index in [4.69, 9.17) is 5.11 Å². The first kappa shape index (κ1) is 7.00. The van der Waals surface area contributed by atoms with E-state index in [0.29, 0.717) is 5.82 Å². The average Bonchev–Trinajstić information content (AvgIpc) is 2.53. The van der Waals surface area contributed by atoms with Crippen LogP contribution in [0.2, 0.25) is 0 Å². The van der Waals surface area contributed by atoms with Crippen molar-refractivity contribution in [3.63, 3.8) is 0 Å². The van der Waals surface area contributed by atoms with Crippen molar-refractivity contribution in [1.82, 2.24) is 9.97 Å².